The zero-order chi connectivity index (χ0) is 17.6. The number of carbonyl (C=O) groups excluding carboxylic acids is 1. The van der Waals surface area contributed by atoms with Gasteiger partial charge < -0.3 is 10.1 Å². The Hall–Kier alpha value is -2.17. The van der Waals surface area contributed by atoms with Crippen molar-refractivity contribution < 1.29 is 9.53 Å². The van der Waals surface area contributed by atoms with E-state index in [0.717, 1.165) is 31.9 Å². The molecule has 0 spiro atoms. The molecule has 2 aromatic carbocycles. The van der Waals surface area contributed by atoms with E-state index in [9.17, 15) is 4.79 Å². The number of hydrogen-bond acceptors (Lipinski definition) is 3. The Morgan fingerprint density at radius 1 is 1.08 bits per heavy atom. The molecule has 1 heterocycles. The van der Waals surface area contributed by atoms with E-state index < -0.39 is 0 Å². The summed E-state index contributed by atoms with van der Waals surface area (Å²) in [5.74, 6) is -0.0223. The summed E-state index contributed by atoms with van der Waals surface area (Å²) >= 11 is 0. The number of morpholine rings is 1. The van der Waals surface area contributed by atoms with E-state index in [1.165, 1.54) is 11.1 Å². The van der Waals surface area contributed by atoms with Gasteiger partial charge in [-0.2, -0.15) is 0 Å². The Balaban J connectivity index is 1.73. The van der Waals surface area contributed by atoms with Crippen LogP contribution in [-0.4, -0.2) is 43.7 Å². The van der Waals surface area contributed by atoms with Crippen molar-refractivity contribution in [3.8, 4) is 0 Å². The summed E-state index contributed by atoms with van der Waals surface area (Å²) in [7, 11) is 0. The maximum atomic E-state index is 12.5. The molecule has 1 aliphatic rings. The normalized spacial score (nSPS) is 16.4. The highest BCUT2D eigenvalue weighted by Crippen LogP contribution is 2.22. The highest BCUT2D eigenvalue weighted by atomic mass is 16.5. The number of amides is 1. The van der Waals surface area contributed by atoms with Crippen molar-refractivity contribution in [1.29, 1.82) is 0 Å². The van der Waals surface area contributed by atoms with Crippen molar-refractivity contribution in [3.05, 3.63) is 70.8 Å². The molecule has 0 aromatic heterocycles. The van der Waals surface area contributed by atoms with Crippen molar-refractivity contribution in [2.45, 2.75) is 19.9 Å². The molecule has 4 heteroatoms. The molecule has 0 aliphatic carbocycles. The average molecular weight is 338 g/mol. The minimum absolute atomic E-state index is 0.0223. The Bertz CT molecular complexity index is 706. The number of rotatable bonds is 5. The summed E-state index contributed by atoms with van der Waals surface area (Å²) < 4.78 is 5.49. The molecule has 0 saturated carbocycles. The summed E-state index contributed by atoms with van der Waals surface area (Å²) in [5.41, 5.74) is 4.34. The van der Waals surface area contributed by atoms with Gasteiger partial charge in [0.05, 0.1) is 19.3 Å². The summed E-state index contributed by atoms with van der Waals surface area (Å²) in [6.07, 6.45) is 0. The van der Waals surface area contributed by atoms with Gasteiger partial charge in [0.1, 0.15) is 0 Å². The van der Waals surface area contributed by atoms with Crippen LogP contribution in [0.15, 0.2) is 48.5 Å². The van der Waals surface area contributed by atoms with Gasteiger partial charge in [-0.05, 0) is 31.5 Å². The van der Waals surface area contributed by atoms with Crippen LogP contribution in [0.2, 0.25) is 0 Å². The number of nitrogens with zero attached hydrogens (tertiary/aromatic N) is 1. The zero-order valence-electron chi connectivity index (χ0n) is 15.0. The molecule has 1 saturated heterocycles. The van der Waals surface area contributed by atoms with Crippen LogP contribution in [0.4, 0.5) is 0 Å². The minimum Gasteiger partial charge on any atom is -0.379 e. The lowest BCUT2D eigenvalue weighted by Gasteiger charge is -2.35. The van der Waals surface area contributed by atoms with E-state index in [1.807, 2.05) is 31.2 Å². The molecule has 1 amide bonds. The zero-order valence-corrected chi connectivity index (χ0v) is 15.0. The first-order valence-electron chi connectivity index (χ1n) is 8.87. The van der Waals surface area contributed by atoms with Gasteiger partial charge in [-0.25, -0.2) is 0 Å². The van der Waals surface area contributed by atoms with E-state index in [1.54, 1.807) is 0 Å². The number of ether oxygens (including phenoxy) is 1. The number of hydrogen-bond donors (Lipinski definition) is 1. The van der Waals surface area contributed by atoms with Crippen molar-refractivity contribution in [1.82, 2.24) is 10.2 Å². The SMILES string of the molecule is Cc1ccc(C(=O)NC[C@@H](c2cccc(C)c2)N2CCOCC2)cc1. The van der Waals surface area contributed by atoms with Crippen LogP contribution in [0.3, 0.4) is 0 Å². The van der Waals surface area contributed by atoms with E-state index in [4.69, 9.17) is 4.74 Å². The second kappa shape index (κ2) is 8.28. The van der Waals surface area contributed by atoms with Crippen molar-refractivity contribution >= 4 is 5.91 Å². The molecule has 2 aromatic rings. The summed E-state index contributed by atoms with van der Waals surface area (Å²) in [6.45, 7) is 7.98. The van der Waals surface area contributed by atoms with Gasteiger partial charge in [0.25, 0.3) is 5.91 Å². The molecule has 4 nitrogen and oxygen atoms in total. The number of nitrogens with one attached hydrogen (secondary N) is 1. The molecule has 132 valence electrons. The largest absolute Gasteiger partial charge is 0.379 e. The second-order valence-electron chi connectivity index (χ2n) is 6.65. The van der Waals surface area contributed by atoms with Gasteiger partial charge >= 0.3 is 0 Å². The third-order valence-corrected chi connectivity index (χ3v) is 4.68. The van der Waals surface area contributed by atoms with Crippen LogP contribution in [0, 0.1) is 13.8 Å². The molecular formula is C21H26N2O2. The van der Waals surface area contributed by atoms with Crippen LogP contribution >= 0.6 is 0 Å². The molecule has 1 fully saturated rings. The topological polar surface area (TPSA) is 41.6 Å². The number of carbonyl (C=O) groups is 1. The summed E-state index contributed by atoms with van der Waals surface area (Å²) in [4.78, 5) is 14.9. The molecule has 1 N–H and O–H groups in total. The van der Waals surface area contributed by atoms with Gasteiger partial charge in [0.15, 0.2) is 0 Å². The number of benzene rings is 2. The first-order valence-corrected chi connectivity index (χ1v) is 8.87. The molecule has 3 rings (SSSR count). The van der Waals surface area contributed by atoms with Gasteiger partial charge in [-0.15, -0.1) is 0 Å². The summed E-state index contributed by atoms with van der Waals surface area (Å²) in [6, 6.07) is 16.4. The second-order valence-corrected chi connectivity index (χ2v) is 6.65. The van der Waals surface area contributed by atoms with Gasteiger partial charge in [0, 0.05) is 25.2 Å². The first kappa shape index (κ1) is 17.6. The van der Waals surface area contributed by atoms with E-state index in [2.05, 4.69) is 41.4 Å². The van der Waals surface area contributed by atoms with Gasteiger partial charge in [0.2, 0.25) is 0 Å². The molecule has 25 heavy (non-hydrogen) atoms. The van der Waals surface area contributed by atoms with Gasteiger partial charge in [-0.1, -0.05) is 47.5 Å². The third kappa shape index (κ3) is 4.68. The lowest BCUT2D eigenvalue weighted by Crippen LogP contribution is -2.43. The van der Waals surface area contributed by atoms with Crippen LogP contribution in [-0.2, 0) is 4.74 Å². The van der Waals surface area contributed by atoms with Crippen LogP contribution in [0.25, 0.3) is 0 Å². The minimum atomic E-state index is -0.0223. The van der Waals surface area contributed by atoms with Crippen LogP contribution in [0.1, 0.15) is 33.1 Å². The van der Waals surface area contributed by atoms with Crippen molar-refractivity contribution in [2.24, 2.45) is 0 Å². The highest BCUT2D eigenvalue weighted by molar-refractivity contribution is 5.94. The summed E-state index contributed by atoms with van der Waals surface area (Å²) in [5, 5.41) is 3.11. The van der Waals surface area contributed by atoms with E-state index in [-0.39, 0.29) is 11.9 Å². The predicted molar refractivity (Wildman–Crippen MR) is 99.8 cm³/mol. The predicted octanol–water partition coefficient (Wildman–Crippen LogP) is 3.11. The Kier molecular flexibility index (Phi) is 5.84. The maximum absolute atomic E-state index is 12.5. The van der Waals surface area contributed by atoms with Crippen LogP contribution in [0.5, 0.6) is 0 Å². The Labute approximate surface area is 149 Å². The fourth-order valence-electron chi connectivity index (χ4n) is 3.22. The molecule has 1 atom stereocenters. The maximum Gasteiger partial charge on any atom is 0.251 e. The van der Waals surface area contributed by atoms with E-state index >= 15 is 0 Å². The van der Waals surface area contributed by atoms with Gasteiger partial charge in [-0.3, -0.25) is 9.69 Å². The Morgan fingerprint density at radius 3 is 2.48 bits per heavy atom. The van der Waals surface area contributed by atoms with Crippen molar-refractivity contribution in [2.75, 3.05) is 32.8 Å². The lowest BCUT2D eigenvalue weighted by molar-refractivity contribution is 0.0162. The fraction of sp³-hybridized carbons (Fsp3) is 0.381. The standard InChI is InChI=1S/C21H26N2O2/c1-16-6-8-18(9-7-16)21(24)22-15-20(23-10-12-25-13-11-23)19-5-3-4-17(2)14-19/h3-9,14,20H,10-13,15H2,1-2H3,(H,22,24)/t20-/m0/s1. The molecule has 0 unspecified atom stereocenters. The molecule has 0 radical (unpaired) electrons. The first-order chi connectivity index (χ1) is 12.1. The molecule has 1 aliphatic heterocycles. The average Bonchev–Trinajstić information content (AvgIpc) is 2.63. The monoisotopic (exact) mass is 338 g/mol. The third-order valence-electron chi connectivity index (χ3n) is 4.68. The molecular weight excluding hydrogens is 312 g/mol. The van der Waals surface area contributed by atoms with Crippen molar-refractivity contribution in [3.63, 3.8) is 0 Å². The smallest absolute Gasteiger partial charge is 0.251 e. The van der Waals surface area contributed by atoms with Crippen LogP contribution < -0.4 is 5.32 Å². The van der Waals surface area contributed by atoms with E-state index in [0.29, 0.717) is 12.1 Å². The molecule has 0 bridgehead atoms. The fourth-order valence-corrected chi connectivity index (χ4v) is 3.22. The lowest BCUT2D eigenvalue weighted by atomic mass is 10.0. The Morgan fingerprint density at radius 2 is 1.80 bits per heavy atom. The number of aryl methyl sites for hydroxylation is 2. The highest BCUT2D eigenvalue weighted by Gasteiger charge is 2.23. The quantitative estimate of drug-likeness (QED) is 0.911.